The number of hydrogen-bond donors (Lipinski definition) is 1. The van der Waals surface area contributed by atoms with E-state index in [9.17, 15) is 4.79 Å². The number of nitrogens with one attached hydrogen (secondary N) is 1. The van der Waals surface area contributed by atoms with E-state index in [1.165, 1.54) is 5.56 Å². The number of piperidine rings is 1. The monoisotopic (exact) mass is 391 g/mol. The molecule has 1 aromatic carbocycles. The second-order valence-corrected chi connectivity index (χ2v) is 7.07. The summed E-state index contributed by atoms with van der Waals surface area (Å²) in [4.78, 5) is 14.7. The van der Waals surface area contributed by atoms with Crippen molar-refractivity contribution in [2.45, 2.75) is 31.2 Å². The van der Waals surface area contributed by atoms with Gasteiger partial charge in [0, 0.05) is 19.0 Å². The highest BCUT2D eigenvalue weighted by Gasteiger charge is 2.30. The lowest BCUT2D eigenvalue weighted by Gasteiger charge is -2.22. The quantitative estimate of drug-likeness (QED) is 0.865. The number of carbonyl (C=O) groups is 1. The zero-order chi connectivity index (χ0) is 17.9. The van der Waals surface area contributed by atoms with E-state index in [-0.39, 0.29) is 18.3 Å². The van der Waals surface area contributed by atoms with Crippen LogP contribution in [0.1, 0.15) is 47.3 Å². The molecule has 2 aromatic rings. The summed E-state index contributed by atoms with van der Waals surface area (Å²) >= 11 is 0. The van der Waals surface area contributed by atoms with Crippen LogP contribution in [0.5, 0.6) is 5.75 Å². The first-order valence-corrected chi connectivity index (χ1v) is 9.30. The molecule has 2 aliphatic heterocycles. The highest BCUT2D eigenvalue weighted by molar-refractivity contribution is 5.92. The molecule has 4 rings (SSSR count). The normalized spacial score (nSPS) is 20.3. The molecule has 1 aromatic heterocycles. The van der Waals surface area contributed by atoms with Crippen LogP contribution in [0, 0.1) is 0 Å². The molecule has 1 N–H and O–H groups in total. The summed E-state index contributed by atoms with van der Waals surface area (Å²) in [5, 5.41) is 11.7. The van der Waals surface area contributed by atoms with E-state index in [1.807, 2.05) is 27.9 Å². The first kappa shape index (κ1) is 19.6. The van der Waals surface area contributed by atoms with Crippen LogP contribution < -0.4 is 10.1 Å². The van der Waals surface area contributed by atoms with Gasteiger partial charge in [0.2, 0.25) is 0 Å². The van der Waals surface area contributed by atoms with Crippen molar-refractivity contribution in [1.29, 1.82) is 0 Å². The molecule has 0 bridgehead atoms. The number of ether oxygens (including phenoxy) is 1. The second kappa shape index (κ2) is 8.71. The van der Waals surface area contributed by atoms with Crippen LogP contribution in [0.4, 0.5) is 0 Å². The fourth-order valence-corrected chi connectivity index (χ4v) is 3.88. The molecule has 0 aliphatic carbocycles. The van der Waals surface area contributed by atoms with Gasteiger partial charge >= 0.3 is 0 Å². The van der Waals surface area contributed by atoms with Gasteiger partial charge in [0.05, 0.1) is 19.3 Å². The molecular formula is C19H26ClN5O2. The Morgan fingerprint density at radius 1 is 1.19 bits per heavy atom. The molecule has 146 valence electrons. The van der Waals surface area contributed by atoms with E-state index in [4.69, 9.17) is 4.74 Å². The van der Waals surface area contributed by atoms with Gasteiger partial charge in [-0.25, -0.2) is 4.68 Å². The molecule has 27 heavy (non-hydrogen) atoms. The minimum atomic E-state index is -0.0128. The van der Waals surface area contributed by atoms with Gasteiger partial charge in [-0.2, -0.15) is 0 Å². The molecule has 1 amide bonds. The van der Waals surface area contributed by atoms with Gasteiger partial charge in [0.1, 0.15) is 5.75 Å². The molecule has 3 heterocycles. The number of rotatable bonds is 4. The van der Waals surface area contributed by atoms with Crippen molar-refractivity contribution in [3.8, 4) is 5.75 Å². The molecule has 0 spiro atoms. The Kier molecular flexibility index (Phi) is 6.34. The van der Waals surface area contributed by atoms with Crippen molar-refractivity contribution < 1.29 is 9.53 Å². The lowest BCUT2D eigenvalue weighted by Crippen LogP contribution is -2.30. The molecule has 1 unspecified atom stereocenters. The predicted octanol–water partition coefficient (Wildman–Crippen LogP) is 2.26. The Labute approximate surface area is 165 Å². The van der Waals surface area contributed by atoms with Gasteiger partial charge in [-0.3, -0.25) is 4.79 Å². The Hall–Kier alpha value is -2.12. The number of aromatic nitrogens is 3. The van der Waals surface area contributed by atoms with Crippen LogP contribution in [-0.4, -0.2) is 59.1 Å². The number of methoxy groups -OCH3 is 1. The Morgan fingerprint density at radius 2 is 1.93 bits per heavy atom. The SMILES string of the molecule is COc1ccc(C2CCN(C(=O)c3cn(C4CCNCC4)nn3)C2)cc1.Cl. The van der Waals surface area contributed by atoms with Crippen molar-refractivity contribution in [1.82, 2.24) is 25.2 Å². The van der Waals surface area contributed by atoms with Gasteiger partial charge in [-0.1, -0.05) is 17.3 Å². The number of halogens is 1. The number of amides is 1. The number of carbonyl (C=O) groups excluding carboxylic acids is 1. The third kappa shape index (κ3) is 4.25. The van der Waals surface area contributed by atoms with Gasteiger partial charge < -0.3 is 15.0 Å². The van der Waals surface area contributed by atoms with Crippen LogP contribution in [0.2, 0.25) is 0 Å². The fraction of sp³-hybridized carbons (Fsp3) is 0.526. The first-order chi connectivity index (χ1) is 12.7. The molecule has 7 nitrogen and oxygen atoms in total. The molecule has 0 saturated carbocycles. The molecule has 2 fully saturated rings. The summed E-state index contributed by atoms with van der Waals surface area (Å²) in [5.41, 5.74) is 1.71. The lowest BCUT2D eigenvalue weighted by molar-refractivity contribution is 0.0785. The minimum Gasteiger partial charge on any atom is -0.497 e. The average Bonchev–Trinajstić information content (AvgIpc) is 3.38. The van der Waals surface area contributed by atoms with Crippen molar-refractivity contribution in [2.24, 2.45) is 0 Å². The van der Waals surface area contributed by atoms with E-state index < -0.39 is 0 Å². The maximum atomic E-state index is 12.8. The molecular weight excluding hydrogens is 366 g/mol. The van der Waals surface area contributed by atoms with Crippen LogP contribution in [-0.2, 0) is 0 Å². The van der Waals surface area contributed by atoms with Crippen LogP contribution in [0.25, 0.3) is 0 Å². The first-order valence-electron chi connectivity index (χ1n) is 9.30. The highest BCUT2D eigenvalue weighted by Crippen LogP contribution is 2.29. The topological polar surface area (TPSA) is 72.3 Å². The number of nitrogens with zero attached hydrogens (tertiary/aromatic N) is 4. The standard InChI is InChI=1S/C19H25N5O2.ClH/c1-26-17-4-2-14(3-5-17)15-8-11-23(12-15)19(25)18-13-24(22-21-18)16-6-9-20-10-7-16;/h2-5,13,15-16,20H,6-12H2,1H3;1H. The van der Waals surface area contributed by atoms with Gasteiger partial charge in [0.15, 0.2) is 5.69 Å². The fourth-order valence-electron chi connectivity index (χ4n) is 3.88. The van der Waals surface area contributed by atoms with Crippen molar-refractivity contribution in [3.05, 3.63) is 41.7 Å². The van der Waals surface area contributed by atoms with Crippen molar-refractivity contribution in [3.63, 3.8) is 0 Å². The summed E-state index contributed by atoms with van der Waals surface area (Å²) < 4.78 is 7.08. The summed E-state index contributed by atoms with van der Waals surface area (Å²) in [6, 6.07) is 8.47. The molecule has 2 saturated heterocycles. The number of hydrogen-bond acceptors (Lipinski definition) is 5. The zero-order valence-electron chi connectivity index (χ0n) is 15.5. The van der Waals surface area contributed by atoms with E-state index >= 15 is 0 Å². The minimum absolute atomic E-state index is 0. The van der Waals surface area contributed by atoms with Gasteiger partial charge in [-0.05, 0) is 50.0 Å². The largest absolute Gasteiger partial charge is 0.497 e. The smallest absolute Gasteiger partial charge is 0.276 e. The average molecular weight is 392 g/mol. The maximum absolute atomic E-state index is 12.8. The van der Waals surface area contributed by atoms with E-state index in [1.54, 1.807) is 7.11 Å². The second-order valence-electron chi connectivity index (χ2n) is 7.07. The Balaban J connectivity index is 0.00000210. The van der Waals surface area contributed by atoms with E-state index in [2.05, 4.69) is 27.8 Å². The highest BCUT2D eigenvalue weighted by atomic mass is 35.5. The number of likely N-dealkylation sites (tertiary alicyclic amines) is 1. The summed E-state index contributed by atoms with van der Waals surface area (Å²) in [5.74, 6) is 1.21. The van der Waals surface area contributed by atoms with Crippen molar-refractivity contribution in [2.75, 3.05) is 33.3 Å². The van der Waals surface area contributed by atoms with Crippen molar-refractivity contribution >= 4 is 18.3 Å². The van der Waals surface area contributed by atoms with E-state index in [0.717, 1.165) is 51.2 Å². The zero-order valence-corrected chi connectivity index (χ0v) is 16.3. The maximum Gasteiger partial charge on any atom is 0.276 e. The van der Waals surface area contributed by atoms with Crippen LogP contribution >= 0.6 is 12.4 Å². The summed E-state index contributed by atoms with van der Waals surface area (Å²) in [7, 11) is 1.67. The molecule has 8 heteroatoms. The van der Waals surface area contributed by atoms with Gasteiger partial charge in [-0.15, -0.1) is 17.5 Å². The Bertz CT molecular complexity index is 758. The van der Waals surface area contributed by atoms with Crippen LogP contribution in [0.15, 0.2) is 30.5 Å². The molecule has 1 atom stereocenters. The third-order valence-electron chi connectivity index (χ3n) is 5.47. The van der Waals surface area contributed by atoms with Gasteiger partial charge in [0.25, 0.3) is 5.91 Å². The third-order valence-corrected chi connectivity index (χ3v) is 5.47. The van der Waals surface area contributed by atoms with E-state index in [0.29, 0.717) is 17.7 Å². The Morgan fingerprint density at radius 3 is 2.63 bits per heavy atom. The number of benzene rings is 1. The summed E-state index contributed by atoms with van der Waals surface area (Å²) in [6.07, 6.45) is 4.85. The molecule has 2 aliphatic rings. The predicted molar refractivity (Wildman–Crippen MR) is 105 cm³/mol. The lowest BCUT2D eigenvalue weighted by atomic mass is 9.98. The summed E-state index contributed by atoms with van der Waals surface area (Å²) in [6.45, 7) is 3.47. The van der Waals surface area contributed by atoms with Crippen LogP contribution in [0.3, 0.4) is 0 Å². The molecule has 0 radical (unpaired) electrons.